The number of hydrogen-bond acceptors (Lipinski definition) is 4. The molecule has 146 valence electrons. The summed E-state index contributed by atoms with van der Waals surface area (Å²) in [6, 6.07) is 17.6. The number of hydrogen-bond donors (Lipinski definition) is 1. The van der Waals surface area contributed by atoms with E-state index in [-0.39, 0.29) is 12.5 Å². The van der Waals surface area contributed by atoms with Crippen molar-refractivity contribution in [2.24, 2.45) is 0 Å². The van der Waals surface area contributed by atoms with Gasteiger partial charge in [0.2, 0.25) is 0 Å². The number of halogens is 1. The van der Waals surface area contributed by atoms with Gasteiger partial charge in [-0.2, -0.15) is 0 Å². The lowest BCUT2D eigenvalue weighted by Gasteiger charge is -2.12. The zero-order valence-corrected chi connectivity index (χ0v) is 17.4. The number of carbonyl (C=O) groups is 1. The van der Waals surface area contributed by atoms with E-state index in [1.165, 1.54) is 0 Å². The van der Waals surface area contributed by atoms with E-state index >= 15 is 0 Å². The fourth-order valence-corrected chi connectivity index (χ4v) is 3.40. The van der Waals surface area contributed by atoms with E-state index in [1.54, 1.807) is 14.2 Å². The number of benzene rings is 3. The molecular formula is C22H22BrNO4. The molecule has 0 saturated carbocycles. The van der Waals surface area contributed by atoms with Crippen molar-refractivity contribution in [2.75, 3.05) is 27.4 Å². The Morgan fingerprint density at radius 2 is 1.68 bits per heavy atom. The third-order valence-electron chi connectivity index (χ3n) is 4.36. The molecule has 0 saturated heterocycles. The standard InChI is InChI=1S/C22H22BrNO4/c1-26-20-12-17(19(23)13-21(20)27-2)9-10-24-22(25)14-28-18-8-7-15-5-3-4-6-16(15)11-18/h3-8,11-13H,9-10,14H2,1-2H3,(H,24,25). The highest BCUT2D eigenvalue weighted by Gasteiger charge is 2.10. The normalized spacial score (nSPS) is 10.5. The second-order valence-corrected chi connectivity index (χ2v) is 7.05. The van der Waals surface area contributed by atoms with Crippen molar-refractivity contribution in [1.29, 1.82) is 0 Å². The van der Waals surface area contributed by atoms with Gasteiger partial charge in [-0.15, -0.1) is 0 Å². The zero-order chi connectivity index (χ0) is 19.9. The zero-order valence-electron chi connectivity index (χ0n) is 15.8. The second-order valence-electron chi connectivity index (χ2n) is 6.20. The van der Waals surface area contributed by atoms with Gasteiger partial charge in [-0.1, -0.05) is 46.3 Å². The van der Waals surface area contributed by atoms with Crippen LogP contribution in [-0.4, -0.2) is 33.3 Å². The monoisotopic (exact) mass is 443 g/mol. The lowest BCUT2D eigenvalue weighted by atomic mass is 10.1. The first-order chi connectivity index (χ1) is 13.6. The lowest BCUT2D eigenvalue weighted by Crippen LogP contribution is -2.30. The summed E-state index contributed by atoms with van der Waals surface area (Å²) in [4.78, 5) is 12.1. The number of nitrogens with one attached hydrogen (secondary N) is 1. The first kappa shape index (κ1) is 20.0. The molecule has 0 aliphatic rings. The van der Waals surface area contributed by atoms with Crippen LogP contribution in [0, 0.1) is 0 Å². The van der Waals surface area contributed by atoms with Crippen LogP contribution in [0.1, 0.15) is 5.56 Å². The van der Waals surface area contributed by atoms with Gasteiger partial charge in [0.15, 0.2) is 18.1 Å². The molecule has 1 N–H and O–H groups in total. The number of ether oxygens (including phenoxy) is 3. The first-order valence-electron chi connectivity index (χ1n) is 8.89. The molecule has 28 heavy (non-hydrogen) atoms. The average Bonchev–Trinajstić information content (AvgIpc) is 2.72. The molecule has 3 rings (SSSR count). The summed E-state index contributed by atoms with van der Waals surface area (Å²) in [5, 5.41) is 5.10. The van der Waals surface area contributed by atoms with Gasteiger partial charge in [-0.05, 0) is 47.0 Å². The van der Waals surface area contributed by atoms with Gasteiger partial charge in [0.1, 0.15) is 5.75 Å². The van der Waals surface area contributed by atoms with Crippen LogP contribution in [0.15, 0.2) is 59.1 Å². The van der Waals surface area contributed by atoms with E-state index in [0.29, 0.717) is 30.2 Å². The quantitative estimate of drug-likeness (QED) is 0.561. The van der Waals surface area contributed by atoms with Crippen LogP contribution < -0.4 is 19.5 Å². The Labute approximate surface area is 172 Å². The van der Waals surface area contributed by atoms with Crippen LogP contribution in [0.5, 0.6) is 17.2 Å². The van der Waals surface area contributed by atoms with Crippen LogP contribution in [0.2, 0.25) is 0 Å². The molecule has 1 amide bonds. The molecule has 3 aromatic rings. The number of rotatable bonds is 8. The van der Waals surface area contributed by atoms with E-state index < -0.39 is 0 Å². The van der Waals surface area contributed by atoms with Crippen LogP contribution in [0.4, 0.5) is 0 Å². The molecule has 5 nitrogen and oxygen atoms in total. The smallest absolute Gasteiger partial charge is 0.257 e. The number of methoxy groups -OCH3 is 2. The Balaban J connectivity index is 1.50. The molecule has 0 heterocycles. The average molecular weight is 444 g/mol. The summed E-state index contributed by atoms with van der Waals surface area (Å²) < 4.78 is 17.1. The van der Waals surface area contributed by atoms with E-state index in [0.717, 1.165) is 20.8 Å². The fourth-order valence-electron chi connectivity index (χ4n) is 2.88. The summed E-state index contributed by atoms with van der Waals surface area (Å²) in [7, 11) is 3.20. The van der Waals surface area contributed by atoms with Crippen LogP contribution in [-0.2, 0) is 11.2 Å². The molecule has 0 radical (unpaired) electrons. The topological polar surface area (TPSA) is 56.8 Å². The van der Waals surface area contributed by atoms with Gasteiger partial charge in [0, 0.05) is 11.0 Å². The molecule has 0 bridgehead atoms. The van der Waals surface area contributed by atoms with E-state index in [9.17, 15) is 4.79 Å². The molecular weight excluding hydrogens is 422 g/mol. The molecule has 0 atom stereocenters. The highest BCUT2D eigenvalue weighted by Crippen LogP contribution is 2.33. The molecule has 0 unspecified atom stereocenters. The predicted octanol–water partition coefficient (Wildman–Crippen LogP) is 4.36. The van der Waals surface area contributed by atoms with Crippen LogP contribution in [0.3, 0.4) is 0 Å². The second kappa shape index (κ2) is 9.46. The Hall–Kier alpha value is -2.73. The van der Waals surface area contributed by atoms with Crippen LogP contribution in [0.25, 0.3) is 10.8 Å². The molecule has 0 fully saturated rings. The predicted molar refractivity (Wildman–Crippen MR) is 113 cm³/mol. The van der Waals surface area contributed by atoms with Gasteiger partial charge in [0.25, 0.3) is 5.91 Å². The summed E-state index contributed by atoms with van der Waals surface area (Å²) in [6.07, 6.45) is 0.655. The van der Waals surface area contributed by atoms with Crippen LogP contribution >= 0.6 is 15.9 Å². The molecule has 6 heteroatoms. The van der Waals surface area contributed by atoms with Gasteiger partial charge in [-0.25, -0.2) is 0 Å². The maximum Gasteiger partial charge on any atom is 0.257 e. The lowest BCUT2D eigenvalue weighted by molar-refractivity contribution is -0.123. The Bertz CT molecular complexity index is 974. The minimum Gasteiger partial charge on any atom is -0.493 e. The fraction of sp³-hybridized carbons (Fsp3) is 0.227. The van der Waals surface area contributed by atoms with Gasteiger partial charge >= 0.3 is 0 Å². The largest absolute Gasteiger partial charge is 0.493 e. The molecule has 0 aromatic heterocycles. The van der Waals surface area contributed by atoms with Crippen molar-refractivity contribution in [3.63, 3.8) is 0 Å². The summed E-state index contributed by atoms with van der Waals surface area (Å²) in [5.74, 6) is 1.83. The SMILES string of the molecule is COc1cc(Br)c(CCNC(=O)COc2ccc3ccccc3c2)cc1OC. The van der Waals surface area contributed by atoms with Crippen molar-refractivity contribution in [3.8, 4) is 17.2 Å². The third kappa shape index (κ3) is 4.95. The van der Waals surface area contributed by atoms with Crippen molar-refractivity contribution < 1.29 is 19.0 Å². The van der Waals surface area contributed by atoms with E-state index in [4.69, 9.17) is 14.2 Å². The molecule has 0 aliphatic carbocycles. The summed E-state index contributed by atoms with van der Waals surface area (Å²) in [5.41, 5.74) is 1.02. The number of fused-ring (bicyclic) bond motifs is 1. The first-order valence-corrected chi connectivity index (χ1v) is 9.68. The highest BCUT2D eigenvalue weighted by atomic mass is 79.9. The highest BCUT2D eigenvalue weighted by molar-refractivity contribution is 9.10. The minimum absolute atomic E-state index is 0.0224. The Kier molecular flexibility index (Phi) is 6.76. The van der Waals surface area contributed by atoms with Crippen molar-refractivity contribution >= 4 is 32.6 Å². The summed E-state index contributed by atoms with van der Waals surface area (Å²) >= 11 is 3.53. The van der Waals surface area contributed by atoms with E-state index in [1.807, 2.05) is 54.6 Å². The Morgan fingerprint density at radius 3 is 2.43 bits per heavy atom. The van der Waals surface area contributed by atoms with Crippen molar-refractivity contribution in [3.05, 3.63) is 64.6 Å². The van der Waals surface area contributed by atoms with Gasteiger partial charge < -0.3 is 19.5 Å². The molecule has 0 aliphatic heterocycles. The maximum atomic E-state index is 12.1. The Morgan fingerprint density at radius 1 is 0.964 bits per heavy atom. The minimum atomic E-state index is -0.162. The number of carbonyl (C=O) groups excluding carboxylic acids is 1. The molecule has 0 spiro atoms. The molecule has 3 aromatic carbocycles. The summed E-state index contributed by atoms with van der Waals surface area (Å²) in [6.45, 7) is 0.472. The van der Waals surface area contributed by atoms with Crippen molar-refractivity contribution in [1.82, 2.24) is 5.32 Å². The number of amides is 1. The van der Waals surface area contributed by atoms with Gasteiger partial charge in [-0.3, -0.25) is 4.79 Å². The van der Waals surface area contributed by atoms with Crippen molar-refractivity contribution in [2.45, 2.75) is 6.42 Å². The maximum absolute atomic E-state index is 12.1. The van der Waals surface area contributed by atoms with E-state index in [2.05, 4.69) is 21.2 Å². The van der Waals surface area contributed by atoms with Gasteiger partial charge in [0.05, 0.1) is 14.2 Å². The third-order valence-corrected chi connectivity index (χ3v) is 5.10.